The molecule has 1 saturated heterocycles. The van der Waals surface area contributed by atoms with E-state index in [2.05, 4.69) is 38.3 Å². The number of hydrogen-bond acceptors (Lipinski definition) is 2. The van der Waals surface area contributed by atoms with Gasteiger partial charge in [0.1, 0.15) is 0 Å². The average Bonchev–Trinajstić information content (AvgIpc) is 2.69. The molecule has 0 aromatic heterocycles. The summed E-state index contributed by atoms with van der Waals surface area (Å²) >= 11 is 0. The molecular formula is C13H30N3+. The lowest BCUT2D eigenvalue weighted by Gasteiger charge is -2.28. The predicted molar refractivity (Wildman–Crippen MR) is 70.7 cm³/mol. The Morgan fingerprint density at radius 2 is 2.00 bits per heavy atom. The van der Waals surface area contributed by atoms with Crippen molar-refractivity contribution in [2.24, 2.45) is 0 Å². The summed E-state index contributed by atoms with van der Waals surface area (Å²) in [5, 5.41) is 3.58. The molecule has 0 aromatic carbocycles. The van der Waals surface area contributed by atoms with E-state index in [1.54, 1.807) is 0 Å². The summed E-state index contributed by atoms with van der Waals surface area (Å²) in [6.45, 7) is 8.42. The quantitative estimate of drug-likeness (QED) is 0.658. The van der Waals surface area contributed by atoms with Gasteiger partial charge < -0.3 is 9.80 Å². The van der Waals surface area contributed by atoms with Crippen molar-refractivity contribution in [3.8, 4) is 0 Å². The first-order valence-electron chi connectivity index (χ1n) is 6.77. The molecule has 1 atom stereocenters. The molecule has 96 valence electrons. The maximum atomic E-state index is 3.58. The van der Waals surface area contributed by atoms with Crippen LogP contribution in [-0.4, -0.2) is 69.3 Å². The van der Waals surface area contributed by atoms with Crippen LogP contribution in [0.5, 0.6) is 0 Å². The van der Waals surface area contributed by atoms with E-state index in [1.165, 1.54) is 52.0 Å². The number of nitrogens with zero attached hydrogens (tertiary/aromatic N) is 2. The highest BCUT2D eigenvalue weighted by Crippen LogP contribution is 2.09. The molecule has 0 bridgehead atoms. The molecule has 1 N–H and O–H groups in total. The van der Waals surface area contributed by atoms with Crippen molar-refractivity contribution in [3.05, 3.63) is 0 Å². The summed E-state index contributed by atoms with van der Waals surface area (Å²) in [5.41, 5.74) is 0. The monoisotopic (exact) mass is 228 g/mol. The number of rotatable bonds is 7. The Kier molecular flexibility index (Phi) is 5.73. The Morgan fingerprint density at radius 1 is 1.25 bits per heavy atom. The van der Waals surface area contributed by atoms with E-state index in [9.17, 15) is 0 Å². The van der Waals surface area contributed by atoms with Gasteiger partial charge in [0.25, 0.3) is 0 Å². The van der Waals surface area contributed by atoms with E-state index in [0.29, 0.717) is 0 Å². The highest BCUT2D eigenvalue weighted by Gasteiger charge is 2.16. The summed E-state index contributed by atoms with van der Waals surface area (Å²) in [7, 11) is 6.81. The second-order valence-corrected chi connectivity index (χ2v) is 6.03. The van der Waals surface area contributed by atoms with E-state index in [0.717, 1.165) is 10.5 Å². The van der Waals surface area contributed by atoms with E-state index in [-0.39, 0.29) is 0 Å². The molecule has 0 radical (unpaired) electrons. The minimum Gasteiger partial charge on any atom is -0.330 e. The molecule has 16 heavy (non-hydrogen) atoms. The van der Waals surface area contributed by atoms with Gasteiger partial charge in [0.2, 0.25) is 0 Å². The second-order valence-electron chi connectivity index (χ2n) is 6.03. The van der Waals surface area contributed by atoms with Crippen LogP contribution in [-0.2, 0) is 0 Å². The predicted octanol–water partition coefficient (Wildman–Crippen LogP) is 1.16. The topological polar surface area (TPSA) is 15.3 Å². The number of nitrogens with one attached hydrogen (secondary N) is 1. The first-order valence-corrected chi connectivity index (χ1v) is 6.77. The SMILES string of the molecule is CCN(CCC1CCCN1)CC[N+](C)(C)C. The van der Waals surface area contributed by atoms with Gasteiger partial charge in [0.05, 0.1) is 27.7 Å². The molecule has 3 nitrogen and oxygen atoms in total. The van der Waals surface area contributed by atoms with Gasteiger partial charge in [-0.3, -0.25) is 4.90 Å². The first kappa shape index (κ1) is 13.9. The van der Waals surface area contributed by atoms with Crippen LogP contribution in [0, 0.1) is 0 Å². The highest BCUT2D eigenvalue weighted by atomic mass is 15.3. The summed E-state index contributed by atoms with van der Waals surface area (Å²) in [6.07, 6.45) is 4.08. The second kappa shape index (κ2) is 6.58. The fourth-order valence-corrected chi connectivity index (χ4v) is 2.21. The van der Waals surface area contributed by atoms with Gasteiger partial charge in [-0.15, -0.1) is 0 Å². The third-order valence-electron chi connectivity index (χ3n) is 3.49. The van der Waals surface area contributed by atoms with Crippen LogP contribution in [0.4, 0.5) is 0 Å². The molecule has 0 saturated carbocycles. The van der Waals surface area contributed by atoms with E-state index >= 15 is 0 Å². The van der Waals surface area contributed by atoms with Gasteiger partial charge in [-0.2, -0.15) is 0 Å². The van der Waals surface area contributed by atoms with Gasteiger partial charge >= 0.3 is 0 Å². The zero-order chi connectivity index (χ0) is 12.0. The highest BCUT2D eigenvalue weighted by molar-refractivity contribution is 4.75. The van der Waals surface area contributed by atoms with E-state index in [1.807, 2.05) is 0 Å². The van der Waals surface area contributed by atoms with Crippen molar-refractivity contribution >= 4 is 0 Å². The molecule has 1 aliphatic heterocycles. The molecule has 1 fully saturated rings. The van der Waals surface area contributed by atoms with Crippen LogP contribution in [0.3, 0.4) is 0 Å². The van der Waals surface area contributed by atoms with E-state index in [4.69, 9.17) is 0 Å². The van der Waals surface area contributed by atoms with Gasteiger partial charge in [-0.05, 0) is 38.9 Å². The molecule has 0 spiro atoms. The standard InChI is InChI=1S/C13H30N3/c1-5-15(11-12-16(2,3)4)10-8-13-7-6-9-14-13/h13-14H,5-12H2,1-4H3/q+1. The third-order valence-corrected chi connectivity index (χ3v) is 3.49. The minimum atomic E-state index is 0.790. The van der Waals surface area contributed by atoms with E-state index < -0.39 is 0 Å². The summed E-state index contributed by atoms with van der Waals surface area (Å²) in [4.78, 5) is 2.59. The Balaban J connectivity index is 2.15. The normalized spacial score (nSPS) is 21.9. The number of likely N-dealkylation sites (N-methyl/N-ethyl adjacent to an activating group) is 2. The molecule has 1 unspecified atom stereocenters. The lowest BCUT2D eigenvalue weighted by atomic mass is 10.1. The van der Waals surface area contributed by atoms with Gasteiger partial charge in [-0.1, -0.05) is 6.92 Å². The lowest BCUT2D eigenvalue weighted by molar-refractivity contribution is -0.869. The van der Waals surface area contributed by atoms with Gasteiger partial charge in [0, 0.05) is 12.6 Å². The Labute approximate surface area is 101 Å². The Morgan fingerprint density at radius 3 is 2.50 bits per heavy atom. The zero-order valence-corrected chi connectivity index (χ0v) is 11.6. The van der Waals surface area contributed by atoms with Crippen molar-refractivity contribution < 1.29 is 4.48 Å². The molecule has 0 amide bonds. The van der Waals surface area contributed by atoms with Crippen molar-refractivity contribution in [1.29, 1.82) is 0 Å². The van der Waals surface area contributed by atoms with Crippen molar-refractivity contribution in [3.63, 3.8) is 0 Å². The van der Waals surface area contributed by atoms with Crippen LogP contribution in [0.15, 0.2) is 0 Å². The smallest absolute Gasteiger partial charge is 0.0909 e. The van der Waals surface area contributed by atoms with Crippen molar-refractivity contribution in [2.75, 3.05) is 53.9 Å². The van der Waals surface area contributed by atoms with Gasteiger partial charge in [-0.25, -0.2) is 0 Å². The molecule has 0 aromatic rings. The zero-order valence-electron chi connectivity index (χ0n) is 11.6. The molecule has 3 heteroatoms. The molecule has 1 aliphatic rings. The van der Waals surface area contributed by atoms with Gasteiger partial charge in [0.15, 0.2) is 0 Å². The van der Waals surface area contributed by atoms with Crippen LogP contribution in [0.2, 0.25) is 0 Å². The Hall–Kier alpha value is -0.120. The molecule has 0 aliphatic carbocycles. The number of quaternary nitrogens is 1. The Bertz CT molecular complexity index is 180. The summed E-state index contributed by atoms with van der Waals surface area (Å²) in [5.74, 6) is 0. The van der Waals surface area contributed by atoms with Crippen molar-refractivity contribution in [2.45, 2.75) is 32.2 Å². The fraction of sp³-hybridized carbons (Fsp3) is 1.00. The van der Waals surface area contributed by atoms with Crippen LogP contribution in [0.1, 0.15) is 26.2 Å². The summed E-state index contributed by atoms with van der Waals surface area (Å²) in [6, 6.07) is 0.790. The summed E-state index contributed by atoms with van der Waals surface area (Å²) < 4.78 is 1.07. The van der Waals surface area contributed by atoms with Crippen LogP contribution < -0.4 is 5.32 Å². The third kappa shape index (κ3) is 5.83. The first-order chi connectivity index (χ1) is 7.51. The molecule has 1 heterocycles. The maximum absolute atomic E-state index is 3.58. The molecule has 1 rings (SSSR count). The lowest BCUT2D eigenvalue weighted by Crippen LogP contribution is -2.42. The van der Waals surface area contributed by atoms with Crippen LogP contribution >= 0.6 is 0 Å². The minimum absolute atomic E-state index is 0.790. The maximum Gasteiger partial charge on any atom is 0.0909 e. The fourth-order valence-electron chi connectivity index (χ4n) is 2.21. The van der Waals surface area contributed by atoms with Crippen molar-refractivity contribution in [1.82, 2.24) is 10.2 Å². The van der Waals surface area contributed by atoms with Crippen LogP contribution in [0.25, 0.3) is 0 Å². The average molecular weight is 228 g/mol. The largest absolute Gasteiger partial charge is 0.330 e. The molecular weight excluding hydrogens is 198 g/mol. The number of hydrogen-bond donors (Lipinski definition) is 1.